The van der Waals surface area contributed by atoms with E-state index in [1.54, 1.807) is 0 Å². The molecule has 98 valence electrons. The second-order valence-corrected chi connectivity index (χ2v) is 5.03. The summed E-state index contributed by atoms with van der Waals surface area (Å²) in [6.07, 6.45) is 1.81. The Morgan fingerprint density at radius 1 is 0.947 bits per heavy atom. The molecule has 0 spiro atoms. The second kappa shape index (κ2) is 6.33. The van der Waals surface area contributed by atoms with E-state index in [9.17, 15) is 4.79 Å². The van der Waals surface area contributed by atoms with Crippen molar-refractivity contribution in [3.8, 4) is 0 Å². The van der Waals surface area contributed by atoms with E-state index in [0.29, 0.717) is 0 Å². The first-order valence-corrected chi connectivity index (χ1v) is 6.87. The van der Waals surface area contributed by atoms with Crippen LogP contribution in [0.3, 0.4) is 0 Å². The highest BCUT2D eigenvalue weighted by atomic mass is 16.1. The lowest BCUT2D eigenvalue weighted by Gasteiger charge is -2.08. The number of hydrogen-bond acceptors (Lipinski definition) is 1. The number of carbonyl (C=O) groups is 1. The molecule has 2 aromatic carbocycles. The van der Waals surface area contributed by atoms with Gasteiger partial charge in [0.25, 0.3) is 0 Å². The highest BCUT2D eigenvalue weighted by Gasteiger charge is 2.12. The first-order chi connectivity index (χ1) is 9.20. The summed E-state index contributed by atoms with van der Waals surface area (Å²) < 4.78 is 0. The molecule has 0 aliphatic heterocycles. The molecule has 0 aliphatic rings. The van der Waals surface area contributed by atoms with Gasteiger partial charge in [-0.25, -0.2) is 0 Å². The van der Waals surface area contributed by atoms with Crippen molar-refractivity contribution in [3.63, 3.8) is 0 Å². The van der Waals surface area contributed by atoms with Gasteiger partial charge >= 0.3 is 0 Å². The van der Waals surface area contributed by atoms with E-state index in [2.05, 4.69) is 36.4 Å². The molecule has 0 N–H and O–H groups in total. The Kier molecular flexibility index (Phi) is 4.51. The molecule has 1 nitrogen and oxygen atoms in total. The molecule has 2 aromatic rings. The Morgan fingerprint density at radius 3 is 2.11 bits per heavy atom. The van der Waals surface area contributed by atoms with Crippen LogP contribution < -0.4 is 0 Å². The van der Waals surface area contributed by atoms with Crippen LogP contribution in [0.5, 0.6) is 0 Å². The maximum atomic E-state index is 12.0. The first-order valence-electron chi connectivity index (χ1n) is 6.87. The van der Waals surface area contributed by atoms with Gasteiger partial charge in [0.15, 0.2) is 5.78 Å². The Labute approximate surface area is 115 Å². The predicted molar refractivity (Wildman–Crippen MR) is 79.5 cm³/mol. The third kappa shape index (κ3) is 3.54. The van der Waals surface area contributed by atoms with Crippen LogP contribution in [0.15, 0.2) is 54.6 Å². The van der Waals surface area contributed by atoms with Gasteiger partial charge < -0.3 is 0 Å². The van der Waals surface area contributed by atoms with E-state index in [4.69, 9.17) is 0 Å². The van der Waals surface area contributed by atoms with Crippen molar-refractivity contribution in [2.24, 2.45) is 5.92 Å². The highest BCUT2D eigenvalue weighted by molar-refractivity contribution is 5.97. The topological polar surface area (TPSA) is 17.1 Å². The molecular formula is C18H20O. The van der Waals surface area contributed by atoms with Crippen LogP contribution in [0.2, 0.25) is 0 Å². The highest BCUT2D eigenvalue weighted by Crippen LogP contribution is 2.15. The van der Waals surface area contributed by atoms with Gasteiger partial charge in [-0.2, -0.15) is 0 Å². The molecule has 2 rings (SSSR count). The summed E-state index contributed by atoms with van der Waals surface area (Å²) in [5, 5.41) is 0. The number of hydrogen-bond donors (Lipinski definition) is 0. The molecule has 0 amide bonds. The van der Waals surface area contributed by atoms with Crippen molar-refractivity contribution in [2.75, 3.05) is 0 Å². The van der Waals surface area contributed by atoms with Crippen molar-refractivity contribution in [2.45, 2.75) is 26.7 Å². The smallest absolute Gasteiger partial charge is 0.165 e. The molecule has 0 heterocycles. The van der Waals surface area contributed by atoms with Gasteiger partial charge in [0.05, 0.1) is 0 Å². The summed E-state index contributed by atoms with van der Waals surface area (Å²) in [5.74, 6) is 0.355. The van der Waals surface area contributed by atoms with E-state index < -0.39 is 0 Å². The lowest BCUT2D eigenvalue weighted by Crippen LogP contribution is -2.10. The van der Waals surface area contributed by atoms with Crippen LogP contribution >= 0.6 is 0 Å². The Hall–Kier alpha value is -1.89. The van der Waals surface area contributed by atoms with E-state index in [0.717, 1.165) is 18.4 Å². The standard InChI is InChI=1S/C18H20O/c1-3-14(2)18(19)17-11-9-16(10-12-17)13-15-7-5-4-6-8-15/h4-12,14H,3,13H2,1-2H3. The normalized spacial score (nSPS) is 12.1. The molecule has 0 saturated carbocycles. The summed E-state index contributed by atoms with van der Waals surface area (Å²) in [7, 11) is 0. The zero-order chi connectivity index (χ0) is 13.7. The van der Waals surface area contributed by atoms with Crippen molar-refractivity contribution in [1.82, 2.24) is 0 Å². The summed E-state index contributed by atoms with van der Waals surface area (Å²) in [6.45, 7) is 4.03. The molecule has 0 aliphatic carbocycles. The third-order valence-corrected chi connectivity index (χ3v) is 3.55. The van der Waals surface area contributed by atoms with Gasteiger partial charge in [0.1, 0.15) is 0 Å². The summed E-state index contributed by atoms with van der Waals surface area (Å²) >= 11 is 0. The minimum atomic E-state index is 0.111. The average Bonchev–Trinajstić information content (AvgIpc) is 2.47. The van der Waals surface area contributed by atoms with E-state index in [1.165, 1.54) is 11.1 Å². The lowest BCUT2D eigenvalue weighted by molar-refractivity contribution is 0.0927. The fourth-order valence-electron chi connectivity index (χ4n) is 2.09. The molecule has 1 atom stereocenters. The number of ketones is 1. The zero-order valence-corrected chi connectivity index (χ0v) is 11.6. The molecule has 1 heteroatoms. The van der Waals surface area contributed by atoms with Crippen LogP contribution in [-0.2, 0) is 6.42 Å². The predicted octanol–water partition coefficient (Wildman–Crippen LogP) is 4.51. The van der Waals surface area contributed by atoms with Crippen LogP contribution in [0.1, 0.15) is 41.8 Å². The minimum absolute atomic E-state index is 0.111. The lowest BCUT2D eigenvalue weighted by atomic mass is 9.95. The van der Waals surface area contributed by atoms with Crippen molar-refractivity contribution in [1.29, 1.82) is 0 Å². The maximum absolute atomic E-state index is 12.0. The molecule has 19 heavy (non-hydrogen) atoms. The number of rotatable bonds is 5. The van der Waals surface area contributed by atoms with Crippen molar-refractivity contribution >= 4 is 5.78 Å². The molecule has 1 unspecified atom stereocenters. The van der Waals surface area contributed by atoms with E-state index in [1.807, 2.05) is 32.0 Å². The zero-order valence-electron chi connectivity index (χ0n) is 11.6. The minimum Gasteiger partial charge on any atom is -0.294 e. The third-order valence-electron chi connectivity index (χ3n) is 3.55. The fourth-order valence-corrected chi connectivity index (χ4v) is 2.09. The SMILES string of the molecule is CCC(C)C(=O)c1ccc(Cc2ccccc2)cc1. The number of Topliss-reactive ketones (excluding diaryl/α,β-unsaturated/α-hetero) is 1. The molecule has 0 aromatic heterocycles. The van der Waals surface area contributed by atoms with Gasteiger partial charge in [-0.1, -0.05) is 68.4 Å². The van der Waals surface area contributed by atoms with Crippen molar-refractivity contribution in [3.05, 3.63) is 71.3 Å². The molecular weight excluding hydrogens is 232 g/mol. The van der Waals surface area contributed by atoms with Gasteiger partial charge in [-0.15, -0.1) is 0 Å². The second-order valence-electron chi connectivity index (χ2n) is 5.03. The van der Waals surface area contributed by atoms with Crippen LogP contribution in [-0.4, -0.2) is 5.78 Å². The molecule has 0 saturated heterocycles. The van der Waals surface area contributed by atoms with Gasteiger partial charge in [0, 0.05) is 11.5 Å². The first kappa shape index (κ1) is 13.5. The quantitative estimate of drug-likeness (QED) is 0.716. The number of carbonyl (C=O) groups excluding carboxylic acids is 1. The maximum Gasteiger partial charge on any atom is 0.165 e. The molecule has 0 radical (unpaired) electrons. The van der Waals surface area contributed by atoms with Gasteiger partial charge in [-0.05, 0) is 24.0 Å². The van der Waals surface area contributed by atoms with Gasteiger partial charge in [0.2, 0.25) is 0 Å². The largest absolute Gasteiger partial charge is 0.294 e. The Bertz CT molecular complexity index is 525. The summed E-state index contributed by atoms with van der Waals surface area (Å²) in [4.78, 5) is 12.0. The summed E-state index contributed by atoms with van der Waals surface area (Å²) in [5.41, 5.74) is 3.36. The van der Waals surface area contributed by atoms with Crippen LogP contribution in [0.25, 0.3) is 0 Å². The van der Waals surface area contributed by atoms with E-state index in [-0.39, 0.29) is 11.7 Å². The van der Waals surface area contributed by atoms with Crippen LogP contribution in [0, 0.1) is 5.92 Å². The van der Waals surface area contributed by atoms with Gasteiger partial charge in [-0.3, -0.25) is 4.79 Å². The average molecular weight is 252 g/mol. The van der Waals surface area contributed by atoms with Crippen molar-refractivity contribution < 1.29 is 4.79 Å². The Balaban J connectivity index is 2.09. The summed E-state index contributed by atoms with van der Waals surface area (Å²) in [6, 6.07) is 18.4. The molecule has 0 fully saturated rings. The van der Waals surface area contributed by atoms with E-state index >= 15 is 0 Å². The number of benzene rings is 2. The fraction of sp³-hybridized carbons (Fsp3) is 0.278. The van der Waals surface area contributed by atoms with Crippen LogP contribution in [0.4, 0.5) is 0 Å². The monoisotopic (exact) mass is 252 g/mol. The Morgan fingerprint density at radius 2 is 1.53 bits per heavy atom. The molecule has 0 bridgehead atoms.